The zero-order valence-corrected chi connectivity index (χ0v) is 11.0. The molecule has 17 heavy (non-hydrogen) atoms. The van der Waals surface area contributed by atoms with Crippen molar-refractivity contribution < 1.29 is 5.11 Å². The van der Waals surface area contributed by atoms with E-state index in [1.165, 1.54) is 11.1 Å². The second-order valence-corrected chi connectivity index (χ2v) is 4.69. The summed E-state index contributed by atoms with van der Waals surface area (Å²) >= 11 is 0. The Labute approximate surface area is 104 Å². The summed E-state index contributed by atoms with van der Waals surface area (Å²) in [6, 6.07) is 9.76. The van der Waals surface area contributed by atoms with Crippen LogP contribution in [0.4, 0.5) is 0 Å². The van der Waals surface area contributed by atoms with Gasteiger partial charge in [-0.3, -0.25) is 0 Å². The van der Waals surface area contributed by atoms with Crippen molar-refractivity contribution in [2.75, 3.05) is 0 Å². The van der Waals surface area contributed by atoms with Crippen molar-refractivity contribution in [1.82, 2.24) is 0 Å². The number of aliphatic hydroxyl groups excluding tert-OH is 1. The highest BCUT2D eigenvalue weighted by atomic mass is 16.3. The first-order valence-corrected chi connectivity index (χ1v) is 6.13. The lowest BCUT2D eigenvalue weighted by Gasteiger charge is -2.07. The van der Waals surface area contributed by atoms with Crippen LogP contribution in [0.15, 0.2) is 53.6 Å². The van der Waals surface area contributed by atoms with Gasteiger partial charge in [-0.15, -0.1) is 0 Å². The van der Waals surface area contributed by atoms with Crippen LogP contribution >= 0.6 is 0 Å². The molecule has 1 unspecified atom stereocenters. The van der Waals surface area contributed by atoms with Gasteiger partial charge in [-0.05, 0) is 39.2 Å². The van der Waals surface area contributed by atoms with Crippen molar-refractivity contribution in [3.05, 3.63) is 59.2 Å². The topological polar surface area (TPSA) is 20.2 Å². The standard InChI is InChI=1S/C16H22O/c1-13(2)8-7-9-14(3)12-16(17)15-10-5-4-6-11-15/h4-6,8,10-12,16-17H,7,9H2,1-3H3. The molecule has 0 saturated heterocycles. The van der Waals surface area contributed by atoms with E-state index in [4.69, 9.17) is 0 Å². The molecule has 0 aliphatic heterocycles. The summed E-state index contributed by atoms with van der Waals surface area (Å²) in [7, 11) is 0. The third-order valence-corrected chi connectivity index (χ3v) is 2.67. The van der Waals surface area contributed by atoms with Crippen LogP contribution in [0, 0.1) is 0 Å². The summed E-state index contributed by atoms with van der Waals surface area (Å²) in [5.74, 6) is 0. The average Bonchev–Trinajstić information content (AvgIpc) is 2.29. The Hall–Kier alpha value is -1.34. The molecule has 0 fully saturated rings. The van der Waals surface area contributed by atoms with E-state index in [1.807, 2.05) is 36.4 Å². The largest absolute Gasteiger partial charge is 0.384 e. The quantitative estimate of drug-likeness (QED) is 0.743. The molecular formula is C16H22O. The Bertz CT molecular complexity index is 383. The fourth-order valence-corrected chi connectivity index (χ4v) is 1.69. The van der Waals surface area contributed by atoms with Crippen molar-refractivity contribution in [2.45, 2.75) is 39.7 Å². The monoisotopic (exact) mass is 230 g/mol. The lowest BCUT2D eigenvalue weighted by atomic mass is 10.0. The van der Waals surface area contributed by atoms with Crippen molar-refractivity contribution in [1.29, 1.82) is 0 Å². The highest BCUT2D eigenvalue weighted by Crippen LogP contribution is 2.17. The minimum absolute atomic E-state index is 0.483. The lowest BCUT2D eigenvalue weighted by molar-refractivity contribution is 0.227. The molecule has 1 aromatic rings. The second-order valence-electron chi connectivity index (χ2n) is 4.69. The molecule has 0 saturated carbocycles. The fraction of sp³-hybridized carbons (Fsp3) is 0.375. The fourth-order valence-electron chi connectivity index (χ4n) is 1.69. The smallest absolute Gasteiger partial charge is 0.0974 e. The van der Waals surface area contributed by atoms with E-state index >= 15 is 0 Å². The number of rotatable bonds is 5. The summed E-state index contributed by atoms with van der Waals surface area (Å²) in [4.78, 5) is 0. The Balaban J connectivity index is 2.54. The molecule has 0 spiro atoms. The van der Waals surface area contributed by atoms with E-state index in [0.29, 0.717) is 0 Å². The molecule has 1 nitrogen and oxygen atoms in total. The molecule has 1 aromatic carbocycles. The first-order valence-electron chi connectivity index (χ1n) is 6.13. The summed E-state index contributed by atoms with van der Waals surface area (Å²) in [5, 5.41) is 10.0. The Kier molecular flexibility index (Phi) is 5.71. The van der Waals surface area contributed by atoms with Gasteiger partial charge in [0.2, 0.25) is 0 Å². The number of hydrogen-bond donors (Lipinski definition) is 1. The molecule has 0 aliphatic rings. The average molecular weight is 230 g/mol. The molecule has 0 amide bonds. The normalized spacial score (nSPS) is 13.3. The number of allylic oxidation sites excluding steroid dienone is 3. The maximum absolute atomic E-state index is 10.0. The van der Waals surface area contributed by atoms with E-state index in [-0.39, 0.29) is 0 Å². The van der Waals surface area contributed by atoms with E-state index in [1.54, 1.807) is 0 Å². The molecule has 1 heteroatoms. The molecular weight excluding hydrogens is 208 g/mol. The van der Waals surface area contributed by atoms with E-state index in [2.05, 4.69) is 26.8 Å². The Morgan fingerprint density at radius 3 is 2.41 bits per heavy atom. The van der Waals surface area contributed by atoms with Gasteiger partial charge in [0, 0.05) is 0 Å². The molecule has 0 aliphatic carbocycles. The Morgan fingerprint density at radius 2 is 1.82 bits per heavy atom. The predicted molar refractivity (Wildman–Crippen MR) is 73.8 cm³/mol. The SMILES string of the molecule is CC(C)=CCCC(C)=CC(O)c1ccccc1. The number of benzene rings is 1. The maximum atomic E-state index is 10.0. The van der Waals surface area contributed by atoms with Gasteiger partial charge in [-0.1, -0.05) is 53.6 Å². The van der Waals surface area contributed by atoms with Crippen LogP contribution in [0.25, 0.3) is 0 Å². The van der Waals surface area contributed by atoms with Gasteiger partial charge in [0.05, 0.1) is 6.10 Å². The third kappa shape index (κ3) is 5.50. The summed E-state index contributed by atoms with van der Waals surface area (Å²) < 4.78 is 0. The second kappa shape index (κ2) is 7.08. The molecule has 1 atom stereocenters. The van der Waals surface area contributed by atoms with Crippen LogP contribution in [0.3, 0.4) is 0 Å². The van der Waals surface area contributed by atoms with Gasteiger partial charge >= 0.3 is 0 Å². The molecule has 0 aromatic heterocycles. The third-order valence-electron chi connectivity index (χ3n) is 2.67. The van der Waals surface area contributed by atoms with Gasteiger partial charge in [-0.2, -0.15) is 0 Å². The van der Waals surface area contributed by atoms with E-state index < -0.39 is 6.10 Å². The van der Waals surface area contributed by atoms with Crippen molar-refractivity contribution >= 4 is 0 Å². The summed E-state index contributed by atoms with van der Waals surface area (Å²) in [6.07, 6.45) is 5.74. The molecule has 1 rings (SSSR count). The van der Waals surface area contributed by atoms with Crippen LogP contribution < -0.4 is 0 Å². The van der Waals surface area contributed by atoms with Gasteiger partial charge in [-0.25, -0.2) is 0 Å². The van der Waals surface area contributed by atoms with Crippen LogP contribution in [0.2, 0.25) is 0 Å². The number of aliphatic hydroxyl groups is 1. The predicted octanol–water partition coefficient (Wildman–Crippen LogP) is 4.41. The summed E-state index contributed by atoms with van der Waals surface area (Å²) in [6.45, 7) is 6.29. The van der Waals surface area contributed by atoms with Gasteiger partial charge in [0.1, 0.15) is 0 Å². The highest BCUT2D eigenvalue weighted by Gasteiger charge is 2.02. The molecule has 0 bridgehead atoms. The first kappa shape index (κ1) is 13.7. The zero-order chi connectivity index (χ0) is 12.7. The van der Waals surface area contributed by atoms with E-state index in [9.17, 15) is 5.11 Å². The molecule has 1 N–H and O–H groups in total. The number of hydrogen-bond acceptors (Lipinski definition) is 1. The molecule has 0 radical (unpaired) electrons. The van der Waals surface area contributed by atoms with Crippen LogP contribution in [-0.2, 0) is 0 Å². The van der Waals surface area contributed by atoms with Gasteiger partial charge < -0.3 is 5.11 Å². The molecule has 92 valence electrons. The molecule has 0 heterocycles. The Morgan fingerprint density at radius 1 is 1.18 bits per heavy atom. The minimum atomic E-state index is -0.483. The van der Waals surface area contributed by atoms with Gasteiger partial charge in [0.25, 0.3) is 0 Å². The van der Waals surface area contributed by atoms with Gasteiger partial charge in [0.15, 0.2) is 0 Å². The van der Waals surface area contributed by atoms with E-state index in [0.717, 1.165) is 18.4 Å². The van der Waals surface area contributed by atoms with Crippen LogP contribution in [0.5, 0.6) is 0 Å². The minimum Gasteiger partial charge on any atom is -0.384 e. The lowest BCUT2D eigenvalue weighted by Crippen LogP contribution is -1.93. The zero-order valence-electron chi connectivity index (χ0n) is 11.0. The van der Waals surface area contributed by atoms with Crippen molar-refractivity contribution in [3.8, 4) is 0 Å². The summed E-state index contributed by atoms with van der Waals surface area (Å²) in [5.41, 5.74) is 3.54. The van der Waals surface area contributed by atoms with Crippen molar-refractivity contribution in [3.63, 3.8) is 0 Å². The van der Waals surface area contributed by atoms with Crippen LogP contribution in [-0.4, -0.2) is 5.11 Å². The van der Waals surface area contributed by atoms with Crippen molar-refractivity contribution in [2.24, 2.45) is 0 Å². The maximum Gasteiger partial charge on any atom is 0.0974 e. The first-order chi connectivity index (χ1) is 8.09. The highest BCUT2D eigenvalue weighted by molar-refractivity contribution is 5.22. The van der Waals surface area contributed by atoms with Crippen LogP contribution in [0.1, 0.15) is 45.3 Å².